The summed E-state index contributed by atoms with van der Waals surface area (Å²) in [6.45, 7) is 2.48. The van der Waals surface area contributed by atoms with Crippen LogP contribution < -0.4 is 16.4 Å². The van der Waals surface area contributed by atoms with Crippen LogP contribution in [0.25, 0.3) is 0 Å². The van der Waals surface area contributed by atoms with Gasteiger partial charge in [0.25, 0.3) is 0 Å². The first-order valence-corrected chi connectivity index (χ1v) is 10.4. The lowest BCUT2D eigenvalue weighted by molar-refractivity contribution is -0.117. The Hall–Kier alpha value is -3.76. The van der Waals surface area contributed by atoms with E-state index in [2.05, 4.69) is 17.1 Å². The van der Waals surface area contributed by atoms with Gasteiger partial charge >= 0.3 is 6.09 Å². The van der Waals surface area contributed by atoms with Crippen molar-refractivity contribution in [1.29, 1.82) is 10.5 Å². The minimum Gasteiger partial charge on any atom is -0.443 e. The molecule has 0 saturated carbocycles. The Morgan fingerprint density at radius 2 is 1.87 bits per heavy atom. The highest BCUT2D eigenvalue weighted by Gasteiger charge is 2.34. The fourth-order valence-electron chi connectivity index (χ4n) is 3.38. The topological polar surface area (TPSA) is 159 Å². The number of nitrogens with two attached hydrogens (primary N) is 2. The zero-order valence-corrected chi connectivity index (χ0v) is 17.6. The third kappa shape index (κ3) is 4.55. The van der Waals surface area contributed by atoms with Crippen LogP contribution in [-0.2, 0) is 16.0 Å². The van der Waals surface area contributed by atoms with Gasteiger partial charge in [0.2, 0.25) is 5.91 Å². The summed E-state index contributed by atoms with van der Waals surface area (Å²) < 4.78 is 4.96. The molecule has 1 aromatic heterocycles. The molecule has 0 radical (unpaired) electrons. The van der Waals surface area contributed by atoms with E-state index in [0.29, 0.717) is 41.5 Å². The Bertz CT molecular complexity index is 1090. The summed E-state index contributed by atoms with van der Waals surface area (Å²) in [6.07, 6.45) is -0.836. The molecule has 1 atom stereocenters. The largest absolute Gasteiger partial charge is 0.443 e. The van der Waals surface area contributed by atoms with Gasteiger partial charge < -0.3 is 21.1 Å². The number of nitrogens with zero attached hydrogens (tertiary/aromatic N) is 4. The van der Waals surface area contributed by atoms with Crippen molar-refractivity contribution in [3.8, 4) is 12.1 Å². The standard InChI is InChI=1S/C21H20N6O3S/c1-2-14-15(8-22)19(27-10-13(11-27)30-21(25)29)26-20(16(14)9-23)31-17(18(24)28)12-6-4-3-5-7-12/h3-7,13,17H,2,10-11H2,1H3,(H2,24,28)(H2,25,29). The van der Waals surface area contributed by atoms with E-state index < -0.39 is 23.4 Å². The monoisotopic (exact) mass is 436 g/mol. The number of thioether (sulfide) groups is 1. The molecule has 1 saturated heterocycles. The van der Waals surface area contributed by atoms with Gasteiger partial charge in [0.05, 0.1) is 24.2 Å². The molecule has 0 spiro atoms. The molecule has 1 aromatic carbocycles. The van der Waals surface area contributed by atoms with E-state index in [-0.39, 0.29) is 11.1 Å². The van der Waals surface area contributed by atoms with Crippen LogP contribution in [0, 0.1) is 22.7 Å². The third-order valence-corrected chi connectivity index (χ3v) is 6.11. The Balaban J connectivity index is 2.04. The van der Waals surface area contributed by atoms with Crippen molar-refractivity contribution < 1.29 is 14.3 Å². The highest BCUT2D eigenvalue weighted by atomic mass is 32.2. The maximum Gasteiger partial charge on any atom is 0.404 e. The summed E-state index contributed by atoms with van der Waals surface area (Å²) in [5.74, 6) is -0.189. The molecule has 3 rings (SSSR count). The molecule has 31 heavy (non-hydrogen) atoms. The van der Waals surface area contributed by atoms with Crippen molar-refractivity contribution in [3.05, 3.63) is 52.6 Å². The number of nitriles is 2. The zero-order valence-electron chi connectivity index (χ0n) is 16.7. The normalized spacial score (nSPS) is 14.1. The number of primary amides is 2. The van der Waals surface area contributed by atoms with Gasteiger partial charge in [-0.05, 0) is 17.5 Å². The van der Waals surface area contributed by atoms with Gasteiger partial charge in [-0.1, -0.05) is 49.0 Å². The van der Waals surface area contributed by atoms with Crippen LogP contribution in [0.15, 0.2) is 35.4 Å². The smallest absolute Gasteiger partial charge is 0.404 e. The van der Waals surface area contributed by atoms with Crippen molar-refractivity contribution >= 4 is 29.6 Å². The Labute approximate surface area is 183 Å². The number of hydrogen-bond acceptors (Lipinski definition) is 8. The van der Waals surface area contributed by atoms with E-state index in [0.717, 1.165) is 11.8 Å². The number of pyridine rings is 1. The highest BCUT2D eigenvalue weighted by Crippen LogP contribution is 2.40. The molecule has 1 aliphatic heterocycles. The third-order valence-electron chi connectivity index (χ3n) is 4.85. The molecule has 158 valence electrons. The van der Waals surface area contributed by atoms with Gasteiger partial charge in [-0.25, -0.2) is 9.78 Å². The summed E-state index contributed by atoms with van der Waals surface area (Å²) in [4.78, 5) is 29.5. The summed E-state index contributed by atoms with van der Waals surface area (Å²) in [5.41, 5.74) is 12.5. The van der Waals surface area contributed by atoms with E-state index in [4.69, 9.17) is 16.2 Å². The van der Waals surface area contributed by atoms with Gasteiger partial charge in [0.15, 0.2) is 0 Å². The summed E-state index contributed by atoms with van der Waals surface area (Å²) in [6, 6.07) is 13.3. The van der Waals surface area contributed by atoms with Gasteiger partial charge in [-0.2, -0.15) is 10.5 Å². The van der Waals surface area contributed by atoms with Crippen LogP contribution in [0.4, 0.5) is 10.6 Å². The molecule has 2 aromatic rings. The molecule has 4 N–H and O–H groups in total. The molecule has 0 bridgehead atoms. The predicted molar refractivity (Wildman–Crippen MR) is 114 cm³/mol. The van der Waals surface area contributed by atoms with E-state index >= 15 is 0 Å². The van der Waals surface area contributed by atoms with Crippen LogP contribution in [0.5, 0.6) is 0 Å². The number of aromatic nitrogens is 1. The maximum absolute atomic E-state index is 12.2. The SMILES string of the molecule is CCc1c(C#N)c(SC(C(N)=O)c2ccccc2)nc(N2CC(OC(N)=O)C2)c1C#N. The Morgan fingerprint density at radius 3 is 2.39 bits per heavy atom. The number of ether oxygens (including phenoxy) is 1. The van der Waals surface area contributed by atoms with Crippen LogP contribution in [0.3, 0.4) is 0 Å². The van der Waals surface area contributed by atoms with Gasteiger partial charge in [0, 0.05) is 0 Å². The second kappa shape index (κ2) is 9.37. The van der Waals surface area contributed by atoms with E-state index in [1.54, 1.807) is 29.2 Å². The fraction of sp³-hybridized carbons (Fsp3) is 0.286. The molecule has 1 unspecified atom stereocenters. The minimum absolute atomic E-state index is 0.250. The second-order valence-corrected chi connectivity index (χ2v) is 7.91. The molecule has 10 heteroatoms. The average Bonchev–Trinajstić information content (AvgIpc) is 2.73. The first-order valence-electron chi connectivity index (χ1n) is 9.48. The van der Waals surface area contributed by atoms with Crippen LogP contribution in [0.2, 0.25) is 0 Å². The highest BCUT2D eigenvalue weighted by molar-refractivity contribution is 8.00. The zero-order chi connectivity index (χ0) is 22.5. The summed E-state index contributed by atoms with van der Waals surface area (Å²) in [5, 5.41) is 19.1. The van der Waals surface area contributed by atoms with Crippen molar-refractivity contribution in [3.63, 3.8) is 0 Å². The lowest BCUT2D eigenvalue weighted by Crippen LogP contribution is -2.54. The molecule has 2 heterocycles. The van der Waals surface area contributed by atoms with Crippen LogP contribution in [0.1, 0.15) is 34.4 Å². The number of rotatable bonds is 7. The van der Waals surface area contributed by atoms with E-state index in [9.17, 15) is 20.1 Å². The average molecular weight is 436 g/mol. The summed E-state index contributed by atoms with van der Waals surface area (Å²) in [7, 11) is 0. The summed E-state index contributed by atoms with van der Waals surface area (Å²) >= 11 is 1.08. The lowest BCUT2D eigenvalue weighted by Gasteiger charge is -2.39. The number of benzene rings is 1. The van der Waals surface area contributed by atoms with Crippen molar-refractivity contribution in [1.82, 2.24) is 4.98 Å². The Morgan fingerprint density at radius 1 is 1.23 bits per heavy atom. The molecular formula is C21H20N6O3S. The van der Waals surface area contributed by atoms with Crippen molar-refractivity contribution in [2.24, 2.45) is 11.5 Å². The van der Waals surface area contributed by atoms with E-state index in [1.165, 1.54) is 0 Å². The second-order valence-electron chi connectivity index (χ2n) is 6.82. The number of carbonyl (C=O) groups is 2. The molecule has 1 fully saturated rings. The number of hydrogen-bond donors (Lipinski definition) is 2. The maximum atomic E-state index is 12.2. The van der Waals surface area contributed by atoms with Crippen LogP contribution in [-0.4, -0.2) is 36.2 Å². The van der Waals surface area contributed by atoms with Gasteiger partial charge in [0.1, 0.15) is 34.3 Å². The lowest BCUT2D eigenvalue weighted by atomic mass is 10.0. The molecule has 2 amide bonds. The fourth-order valence-corrected chi connectivity index (χ4v) is 4.44. The first kappa shape index (κ1) is 21.9. The van der Waals surface area contributed by atoms with Gasteiger partial charge in [-0.3, -0.25) is 4.79 Å². The number of anilines is 1. The van der Waals surface area contributed by atoms with E-state index in [1.807, 2.05) is 13.0 Å². The number of carbonyl (C=O) groups excluding carboxylic acids is 2. The molecular weight excluding hydrogens is 416 g/mol. The van der Waals surface area contributed by atoms with Crippen molar-refractivity contribution in [2.75, 3.05) is 18.0 Å². The molecule has 0 aliphatic carbocycles. The number of amides is 2. The first-order chi connectivity index (χ1) is 14.9. The van der Waals surface area contributed by atoms with Gasteiger partial charge in [-0.15, -0.1) is 0 Å². The Kier molecular flexibility index (Phi) is 6.63. The quantitative estimate of drug-likeness (QED) is 0.623. The predicted octanol–water partition coefficient (Wildman–Crippen LogP) is 1.99. The molecule has 9 nitrogen and oxygen atoms in total. The van der Waals surface area contributed by atoms with Crippen LogP contribution >= 0.6 is 11.8 Å². The molecule has 1 aliphatic rings. The van der Waals surface area contributed by atoms with Crippen molar-refractivity contribution in [2.45, 2.75) is 29.7 Å². The minimum atomic E-state index is -0.865.